The molecule has 0 bridgehead atoms. The first-order chi connectivity index (χ1) is 13.5. The maximum Gasteiger partial charge on any atom is 0.240 e. The van der Waals surface area contributed by atoms with Crippen molar-refractivity contribution >= 4 is 16.0 Å². The molecule has 0 aliphatic rings. The van der Waals surface area contributed by atoms with Crippen LogP contribution in [-0.4, -0.2) is 41.2 Å². The number of methoxy groups -OCH3 is 1. The number of hydrogen-bond acceptors (Lipinski definition) is 4. The molecule has 2 aromatic rings. The third-order valence-electron chi connectivity index (χ3n) is 3.90. The molecular weight excluding hydrogens is 376 g/mol. The minimum atomic E-state index is -3.51. The molecule has 7 nitrogen and oxygen atoms in total. The smallest absolute Gasteiger partial charge is 0.240 e. The average Bonchev–Trinajstić information content (AvgIpc) is 2.71. The lowest BCUT2D eigenvalue weighted by molar-refractivity contribution is 0.204. The average molecular weight is 405 g/mol. The Hall–Kier alpha value is -2.42. The van der Waals surface area contributed by atoms with Crippen molar-refractivity contribution in [2.24, 2.45) is 4.99 Å². The van der Waals surface area contributed by atoms with Crippen molar-refractivity contribution < 1.29 is 13.2 Å². The summed E-state index contributed by atoms with van der Waals surface area (Å²) in [7, 11) is -1.99. The molecule has 0 aliphatic carbocycles. The van der Waals surface area contributed by atoms with Crippen molar-refractivity contribution in [3.63, 3.8) is 0 Å². The van der Waals surface area contributed by atoms with E-state index in [1.807, 2.05) is 37.3 Å². The fraction of sp³-hybridized carbons (Fsp3) is 0.350. The largest absolute Gasteiger partial charge is 0.383 e. The molecule has 0 saturated heterocycles. The minimum Gasteiger partial charge on any atom is -0.383 e. The number of rotatable bonds is 10. The van der Waals surface area contributed by atoms with E-state index in [2.05, 4.69) is 20.3 Å². The molecule has 2 aromatic carbocycles. The van der Waals surface area contributed by atoms with Gasteiger partial charge in [-0.05, 0) is 30.2 Å². The Bertz CT molecular complexity index is 838. The molecule has 0 fully saturated rings. The van der Waals surface area contributed by atoms with Gasteiger partial charge in [0.25, 0.3) is 0 Å². The van der Waals surface area contributed by atoms with Crippen molar-refractivity contribution in [1.82, 2.24) is 15.4 Å². The van der Waals surface area contributed by atoms with Gasteiger partial charge >= 0.3 is 0 Å². The highest BCUT2D eigenvalue weighted by Gasteiger charge is 2.12. The third kappa shape index (κ3) is 7.30. The number of nitrogens with zero attached hydrogens (tertiary/aromatic N) is 1. The lowest BCUT2D eigenvalue weighted by Crippen LogP contribution is -2.36. The molecular formula is C20H28N4O3S. The van der Waals surface area contributed by atoms with Crippen LogP contribution < -0.4 is 15.4 Å². The summed E-state index contributed by atoms with van der Waals surface area (Å²) in [5.74, 6) is 0.712. The van der Waals surface area contributed by atoms with Crippen LogP contribution in [0.25, 0.3) is 0 Å². The molecule has 8 heteroatoms. The molecule has 0 aliphatic heterocycles. The van der Waals surface area contributed by atoms with Gasteiger partial charge in [0.2, 0.25) is 10.0 Å². The topological polar surface area (TPSA) is 91.8 Å². The molecule has 0 spiro atoms. The van der Waals surface area contributed by atoms with Gasteiger partial charge in [0.15, 0.2) is 5.96 Å². The summed E-state index contributed by atoms with van der Waals surface area (Å²) in [4.78, 5) is 4.81. The van der Waals surface area contributed by atoms with Crippen molar-refractivity contribution in [3.05, 3.63) is 65.7 Å². The van der Waals surface area contributed by atoms with Gasteiger partial charge in [0, 0.05) is 26.7 Å². The van der Waals surface area contributed by atoms with Crippen LogP contribution in [0.1, 0.15) is 18.1 Å². The van der Waals surface area contributed by atoms with E-state index in [0.717, 1.165) is 17.7 Å². The standard InChI is InChI=1S/C20H28N4O3S/c1-3-21-20(22-15-17-7-5-4-6-8-17)23-16-18-9-11-19(12-10-18)28(25,26)24-13-14-27-2/h4-12,24H,3,13-16H2,1-2H3,(H2,21,22,23). The van der Waals surface area contributed by atoms with Gasteiger partial charge in [0.05, 0.1) is 18.0 Å². The van der Waals surface area contributed by atoms with Gasteiger partial charge in [-0.15, -0.1) is 0 Å². The number of aliphatic imine (C=N–C) groups is 1. The fourth-order valence-corrected chi connectivity index (χ4v) is 3.44. The Morgan fingerprint density at radius 1 is 1.00 bits per heavy atom. The predicted molar refractivity (Wildman–Crippen MR) is 112 cm³/mol. The highest BCUT2D eigenvalue weighted by Crippen LogP contribution is 2.10. The summed E-state index contributed by atoms with van der Waals surface area (Å²) in [6, 6.07) is 16.8. The van der Waals surface area contributed by atoms with Crippen LogP contribution in [0.3, 0.4) is 0 Å². The van der Waals surface area contributed by atoms with Crippen molar-refractivity contribution in [1.29, 1.82) is 0 Å². The van der Waals surface area contributed by atoms with Crippen LogP contribution in [0.2, 0.25) is 0 Å². The van der Waals surface area contributed by atoms with Crippen LogP contribution >= 0.6 is 0 Å². The lowest BCUT2D eigenvalue weighted by Gasteiger charge is -2.12. The highest BCUT2D eigenvalue weighted by atomic mass is 32.2. The van der Waals surface area contributed by atoms with Gasteiger partial charge in [-0.1, -0.05) is 42.5 Å². The van der Waals surface area contributed by atoms with Crippen LogP contribution in [0, 0.1) is 0 Å². The zero-order chi connectivity index (χ0) is 20.2. The zero-order valence-corrected chi connectivity index (χ0v) is 17.1. The zero-order valence-electron chi connectivity index (χ0n) is 16.3. The van der Waals surface area contributed by atoms with E-state index in [1.54, 1.807) is 24.3 Å². The minimum absolute atomic E-state index is 0.233. The Morgan fingerprint density at radius 2 is 1.71 bits per heavy atom. The molecule has 0 radical (unpaired) electrons. The predicted octanol–water partition coefficient (Wildman–Crippen LogP) is 1.87. The maximum atomic E-state index is 12.2. The Labute approximate surface area is 167 Å². The number of hydrogen-bond donors (Lipinski definition) is 3. The van der Waals surface area contributed by atoms with Crippen LogP contribution in [0.5, 0.6) is 0 Å². The van der Waals surface area contributed by atoms with Crippen LogP contribution in [-0.2, 0) is 27.8 Å². The van der Waals surface area contributed by atoms with Crippen molar-refractivity contribution in [2.75, 3.05) is 26.8 Å². The first-order valence-corrected chi connectivity index (χ1v) is 10.7. The van der Waals surface area contributed by atoms with Crippen molar-refractivity contribution in [2.45, 2.75) is 24.9 Å². The van der Waals surface area contributed by atoms with Gasteiger partial charge in [-0.2, -0.15) is 0 Å². The number of nitrogens with one attached hydrogen (secondary N) is 3. The molecule has 152 valence electrons. The second-order valence-electron chi connectivity index (χ2n) is 6.07. The number of benzene rings is 2. The summed E-state index contributed by atoms with van der Waals surface area (Å²) in [5.41, 5.74) is 2.09. The number of ether oxygens (including phenoxy) is 1. The number of sulfonamides is 1. The Morgan fingerprint density at radius 3 is 2.36 bits per heavy atom. The van der Waals surface area contributed by atoms with Crippen LogP contribution in [0.15, 0.2) is 64.5 Å². The summed E-state index contributed by atoms with van der Waals surface area (Å²) >= 11 is 0. The first-order valence-electron chi connectivity index (χ1n) is 9.19. The van der Waals surface area contributed by atoms with Gasteiger partial charge in [-0.3, -0.25) is 0 Å². The molecule has 0 heterocycles. The summed E-state index contributed by atoms with van der Waals surface area (Å²) in [5, 5.41) is 6.47. The molecule has 0 amide bonds. The molecule has 0 saturated carbocycles. The second kappa shape index (κ2) is 11.4. The summed E-state index contributed by atoms with van der Waals surface area (Å²) < 4.78 is 31.7. The highest BCUT2D eigenvalue weighted by molar-refractivity contribution is 7.89. The Kier molecular flexibility index (Phi) is 8.93. The van der Waals surface area contributed by atoms with E-state index in [0.29, 0.717) is 25.7 Å². The molecule has 3 N–H and O–H groups in total. The normalized spacial score (nSPS) is 12.0. The van der Waals surface area contributed by atoms with Gasteiger partial charge < -0.3 is 15.4 Å². The molecule has 0 aromatic heterocycles. The summed E-state index contributed by atoms with van der Waals surface area (Å²) in [6.07, 6.45) is 0. The monoisotopic (exact) mass is 404 g/mol. The molecule has 28 heavy (non-hydrogen) atoms. The van der Waals surface area contributed by atoms with E-state index in [1.165, 1.54) is 7.11 Å². The van der Waals surface area contributed by atoms with Crippen molar-refractivity contribution in [3.8, 4) is 0 Å². The van der Waals surface area contributed by atoms with E-state index in [-0.39, 0.29) is 11.4 Å². The van der Waals surface area contributed by atoms with E-state index in [9.17, 15) is 8.42 Å². The maximum absolute atomic E-state index is 12.2. The van der Waals surface area contributed by atoms with Crippen LogP contribution in [0.4, 0.5) is 0 Å². The number of guanidine groups is 1. The third-order valence-corrected chi connectivity index (χ3v) is 5.38. The Balaban J connectivity index is 1.94. The fourth-order valence-electron chi connectivity index (χ4n) is 2.43. The first kappa shape index (κ1) is 21.9. The molecule has 0 atom stereocenters. The lowest BCUT2D eigenvalue weighted by atomic mass is 10.2. The van der Waals surface area contributed by atoms with Gasteiger partial charge in [0.1, 0.15) is 0 Å². The quantitative estimate of drug-likeness (QED) is 0.319. The van der Waals surface area contributed by atoms with E-state index < -0.39 is 10.0 Å². The van der Waals surface area contributed by atoms with E-state index in [4.69, 9.17) is 4.74 Å². The second-order valence-corrected chi connectivity index (χ2v) is 7.84. The molecule has 0 unspecified atom stereocenters. The summed E-state index contributed by atoms with van der Waals surface area (Å²) in [6.45, 7) is 4.46. The van der Waals surface area contributed by atoms with Gasteiger partial charge in [-0.25, -0.2) is 18.1 Å². The SMILES string of the molecule is CCNC(=NCc1ccccc1)NCc1ccc(S(=O)(=O)NCCOC)cc1. The van der Waals surface area contributed by atoms with E-state index >= 15 is 0 Å². The molecule has 2 rings (SSSR count).